The third kappa shape index (κ3) is 2.71. The molecular formula is C18H17BrN2O. The van der Waals surface area contributed by atoms with Gasteiger partial charge in [-0.15, -0.1) is 0 Å². The fourth-order valence-corrected chi connectivity index (χ4v) is 3.01. The zero-order chi connectivity index (χ0) is 15.7. The largest absolute Gasteiger partial charge is 0.269 e. The second-order valence-electron chi connectivity index (χ2n) is 5.44. The predicted molar refractivity (Wildman–Crippen MR) is 92.5 cm³/mol. The van der Waals surface area contributed by atoms with E-state index in [2.05, 4.69) is 28.6 Å². The van der Waals surface area contributed by atoms with Gasteiger partial charge in [0.25, 0.3) is 5.91 Å². The third-order valence-corrected chi connectivity index (χ3v) is 4.83. The fraction of sp³-hybridized carbons (Fsp3) is 0.222. The number of nitrogens with zero attached hydrogens (tertiary/aromatic N) is 2. The second-order valence-corrected chi connectivity index (χ2v) is 6.29. The Morgan fingerprint density at radius 1 is 1.32 bits per heavy atom. The molecule has 0 N–H and O–H groups in total. The molecule has 1 aromatic heterocycles. The first-order chi connectivity index (χ1) is 10.6. The van der Waals surface area contributed by atoms with Crippen LogP contribution in [0.25, 0.3) is 0 Å². The molecule has 0 saturated carbocycles. The van der Waals surface area contributed by atoms with Crippen LogP contribution in [-0.2, 0) is 17.6 Å². The number of carbonyl (C=O) groups is 1. The highest BCUT2D eigenvalue weighted by atomic mass is 79.9. The number of carbonyl (C=O) groups excluding carboxylic acids is 1. The van der Waals surface area contributed by atoms with Gasteiger partial charge in [-0.25, -0.2) is 4.98 Å². The van der Waals surface area contributed by atoms with E-state index >= 15 is 0 Å². The highest BCUT2D eigenvalue weighted by Crippen LogP contribution is 2.30. The SMILES string of the molecule is C=CC(=O)N(c1ccc(Br)c(C)c1)c1ccc2c(n1)CCC2. The van der Waals surface area contributed by atoms with E-state index in [4.69, 9.17) is 4.98 Å². The van der Waals surface area contributed by atoms with Gasteiger partial charge in [-0.1, -0.05) is 28.6 Å². The first-order valence-electron chi connectivity index (χ1n) is 7.31. The summed E-state index contributed by atoms with van der Waals surface area (Å²) in [4.78, 5) is 18.7. The number of amides is 1. The standard InChI is InChI=1S/C18H17BrN2O/c1-3-18(22)21(14-8-9-15(19)12(2)11-14)17-10-7-13-5-4-6-16(13)20-17/h3,7-11H,1,4-6H2,2H3. The second kappa shape index (κ2) is 6.05. The Bertz CT molecular complexity index is 755. The third-order valence-electron chi connectivity index (χ3n) is 3.94. The van der Waals surface area contributed by atoms with Crippen molar-refractivity contribution in [2.45, 2.75) is 26.2 Å². The van der Waals surface area contributed by atoms with Gasteiger partial charge in [0.1, 0.15) is 5.82 Å². The summed E-state index contributed by atoms with van der Waals surface area (Å²) < 4.78 is 1.02. The van der Waals surface area contributed by atoms with Gasteiger partial charge in [0.2, 0.25) is 0 Å². The number of rotatable bonds is 3. The molecule has 0 aliphatic heterocycles. The van der Waals surface area contributed by atoms with Gasteiger partial charge in [-0.05, 0) is 67.7 Å². The molecule has 112 valence electrons. The molecule has 0 radical (unpaired) electrons. The Morgan fingerprint density at radius 3 is 2.86 bits per heavy atom. The van der Waals surface area contributed by atoms with Crippen LogP contribution in [0.5, 0.6) is 0 Å². The normalized spacial score (nSPS) is 12.8. The van der Waals surface area contributed by atoms with Crippen molar-refractivity contribution < 1.29 is 4.79 Å². The Morgan fingerprint density at radius 2 is 2.14 bits per heavy atom. The van der Waals surface area contributed by atoms with Crippen molar-refractivity contribution in [3.63, 3.8) is 0 Å². The molecule has 3 nitrogen and oxygen atoms in total. The summed E-state index contributed by atoms with van der Waals surface area (Å²) in [5, 5.41) is 0. The lowest BCUT2D eigenvalue weighted by Crippen LogP contribution is -2.25. The molecule has 0 saturated heterocycles. The number of hydrogen-bond donors (Lipinski definition) is 0. The molecule has 0 fully saturated rings. The molecule has 1 heterocycles. The number of anilines is 2. The van der Waals surface area contributed by atoms with E-state index < -0.39 is 0 Å². The number of pyridine rings is 1. The Balaban J connectivity index is 2.08. The predicted octanol–water partition coefficient (Wildman–Crippen LogP) is 4.49. The minimum absolute atomic E-state index is 0.174. The van der Waals surface area contributed by atoms with Gasteiger partial charge in [0, 0.05) is 10.2 Å². The van der Waals surface area contributed by atoms with Crippen LogP contribution in [0.15, 0.2) is 47.5 Å². The monoisotopic (exact) mass is 356 g/mol. The fourth-order valence-electron chi connectivity index (χ4n) is 2.77. The summed E-state index contributed by atoms with van der Waals surface area (Å²) in [6.45, 7) is 5.62. The summed E-state index contributed by atoms with van der Waals surface area (Å²) in [7, 11) is 0. The van der Waals surface area contributed by atoms with Crippen LogP contribution in [-0.4, -0.2) is 10.9 Å². The summed E-state index contributed by atoms with van der Waals surface area (Å²) in [5.41, 5.74) is 4.27. The van der Waals surface area contributed by atoms with Crippen LogP contribution >= 0.6 is 15.9 Å². The van der Waals surface area contributed by atoms with E-state index in [1.165, 1.54) is 11.6 Å². The first kappa shape index (κ1) is 15.0. The van der Waals surface area contributed by atoms with E-state index in [1.807, 2.05) is 31.2 Å². The Hall–Kier alpha value is -1.94. The minimum Gasteiger partial charge on any atom is -0.269 e. The maximum Gasteiger partial charge on any atom is 0.256 e. The number of hydrogen-bond acceptors (Lipinski definition) is 2. The van der Waals surface area contributed by atoms with Crippen molar-refractivity contribution in [1.82, 2.24) is 4.98 Å². The molecular weight excluding hydrogens is 340 g/mol. The zero-order valence-electron chi connectivity index (χ0n) is 12.5. The van der Waals surface area contributed by atoms with E-state index in [0.717, 1.165) is 40.7 Å². The van der Waals surface area contributed by atoms with Crippen LogP contribution < -0.4 is 4.90 Å². The number of benzene rings is 1. The quantitative estimate of drug-likeness (QED) is 0.759. The number of aryl methyl sites for hydroxylation is 3. The number of fused-ring (bicyclic) bond motifs is 1. The van der Waals surface area contributed by atoms with Gasteiger partial charge in [-0.2, -0.15) is 0 Å². The van der Waals surface area contributed by atoms with Crippen LogP contribution in [0.4, 0.5) is 11.5 Å². The van der Waals surface area contributed by atoms with E-state index in [1.54, 1.807) is 4.90 Å². The van der Waals surface area contributed by atoms with E-state index in [0.29, 0.717) is 5.82 Å². The lowest BCUT2D eigenvalue weighted by Gasteiger charge is -2.22. The zero-order valence-corrected chi connectivity index (χ0v) is 14.1. The maximum atomic E-state index is 12.4. The molecule has 1 aliphatic carbocycles. The van der Waals surface area contributed by atoms with Gasteiger partial charge in [0.05, 0.1) is 5.69 Å². The smallest absolute Gasteiger partial charge is 0.256 e. The molecule has 0 bridgehead atoms. The Labute approximate surface area is 138 Å². The van der Waals surface area contributed by atoms with Crippen molar-refractivity contribution in [2.75, 3.05) is 4.90 Å². The van der Waals surface area contributed by atoms with Crippen molar-refractivity contribution in [1.29, 1.82) is 0 Å². The Kier molecular flexibility index (Phi) is 4.12. The molecule has 4 heteroatoms. The topological polar surface area (TPSA) is 33.2 Å². The van der Waals surface area contributed by atoms with Gasteiger partial charge < -0.3 is 0 Å². The molecule has 2 aromatic rings. The lowest BCUT2D eigenvalue weighted by atomic mass is 10.2. The highest BCUT2D eigenvalue weighted by Gasteiger charge is 2.20. The molecule has 1 aromatic carbocycles. The number of halogens is 1. The lowest BCUT2D eigenvalue weighted by molar-refractivity contribution is -0.113. The van der Waals surface area contributed by atoms with Gasteiger partial charge in [-0.3, -0.25) is 9.69 Å². The molecule has 0 atom stereocenters. The van der Waals surface area contributed by atoms with E-state index in [-0.39, 0.29) is 5.91 Å². The van der Waals surface area contributed by atoms with E-state index in [9.17, 15) is 4.79 Å². The molecule has 1 aliphatic rings. The molecule has 0 spiro atoms. The van der Waals surface area contributed by atoms with Crippen LogP contribution in [0.1, 0.15) is 23.2 Å². The first-order valence-corrected chi connectivity index (χ1v) is 8.11. The summed E-state index contributed by atoms with van der Waals surface area (Å²) in [5.74, 6) is 0.486. The van der Waals surface area contributed by atoms with Crippen LogP contribution in [0, 0.1) is 6.92 Å². The summed E-state index contributed by atoms with van der Waals surface area (Å²) in [6.07, 6.45) is 4.53. The molecule has 0 unspecified atom stereocenters. The average molecular weight is 357 g/mol. The summed E-state index contributed by atoms with van der Waals surface area (Å²) in [6, 6.07) is 9.83. The van der Waals surface area contributed by atoms with Crippen molar-refractivity contribution in [3.8, 4) is 0 Å². The summed E-state index contributed by atoms with van der Waals surface area (Å²) >= 11 is 3.49. The van der Waals surface area contributed by atoms with Gasteiger partial charge >= 0.3 is 0 Å². The maximum absolute atomic E-state index is 12.4. The average Bonchev–Trinajstić information content (AvgIpc) is 2.98. The van der Waals surface area contributed by atoms with Crippen molar-refractivity contribution in [2.24, 2.45) is 0 Å². The van der Waals surface area contributed by atoms with Crippen molar-refractivity contribution in [3.05, 3.63) is 64.3 Å². The molecule has 3 rings (SSSR count). The van der Waals surface area contributed by atoms with Crippen LogP contribution in [0.3, 0.4) is 0 Å². The minimum atomic E-state index is -0.174. The van der Waals surface area contributed by atoms with Crippen molar-refractivity contribution >= 4 is 33.3 Å². The molecule has 1 amide bonds. The number of aromatic nitrogens is 1. The molecule has 22 heavy (non-hydrogen) atoms. The highest BCUT2D eigenvalue weighted by molar-refractivity contribution is 9.10. The van der Waals surface area contributed by atoms with Crippen LogP contribution in [0.2, 0.25) is 0 Å². The van der Waals surface area contributed by atoms with Gasteiger partial charge in [0.15, 0.2) is 0 Å².